The molecular formula is C11H9BrN4O. The molecule has 0 fully saturated rings. The van der Waals surface area contributed by atoms with E-state index in [1.54, 1.807) is 12.1 Å². The summed E-state index contributed by atoms with van der Waals surface area (Å²) >= 11 is 3.36. The maximum absolute atomic E-state index is 8.56. The summed E-state index contributed by atoms with van der Waals surface area (Å²) in [6.07, 6.45) is 0. The summed E-state index contributed by atoms with van der Waals surface area (Å²) in [5.41, 5.74) is 3.97. The number of anilines is 1. The van der Waals surface area contributed by atoms with Gasteiger partial charge in [0.2, 0.25) is 5.71 Å². The van der Waals surface area contributed by atoms with Crippen molar-refractivity contribution in [2.24, 2.45) is 5.10 Å². The summed E-state index contributed by atoms with van der Waals surface area (Å²) in [5.74, 6) is 0.579. The number of nitrogens with zero attached hydrogens (tertiary/aromatic N) is 3. The summed E-state index contributed by atoms with van der Waals surface area (Å²) in [7, 11) is 1.53. The van der Waals surface area contributed by atoms with Gasteiger partial charge in [-0.1, -0.05) is 0 Å². The molecule has 0 aliphatic rings. The molecule has 1 rings (SSSR count). The molecule has 0 spiro atoms. The first-order valence-electron chi connectivity index (χ1n) is 4.60. The number of nitrogens with one attached hydrogen (secondary N) is 1. The van der Waals surface area contributed by atoms with E-state index in [9.17, 15) is 0 Å². The zero-order chi connectivity index (χ0) is 12.8. The molecule has 1 aromatic rings. The monoisotopic (exact) mass is 292 g/mol. The number of nitriles is 2. The van der Waals surface area contributed by atoms with Crippen LogP contribution in [0.2, 0.25) is 0 Å². The third-order valence-electron chi connectivity index (χ3n) is 1.91. The van der Waals surface area contributed by atoms with Gasteiger partial charge in [0.1, 0.15) is 23.6 Å². The van der Waals surface area contributed by atoms with Crippen molar-refractivity contribution in [1.29, 1.82) is 10.5 Å². The largest absolute Gasteiger partial charge is 0.494 e. The molecule has 0 saturated heterocycles. The Hall–Kier alpha value is -2.05. The van der Waals surface area contributed by atoms with Crippen LogP contribution in [0.4, 0.5) is 5.69 Å². The van der Waals surface area contributed by atoms with Gasteiger partial charge in [-0.25, -0.2) is 0 Å². The number of methoxy groups -OCH3 is 1. The molecule has 0 radical (unpaired) electrons. The van der Waals surface area contributed by atoms with Crippen LogP contribution in [0.5, 0.6) is 5.75 Å². The number of rotatable bonds is 3. The standard InChI is InChI=1S/C11H9BrN4O/c1-7-3-9(12)11(10(4-7)17-2)16-15-8(5-13)6-14/h3-4,16H,1-2H3. The smallest absolute Gasteiger partial charge is 0.237 e. The number of aryl methyl sites for hydroxylation is 1. The third-order valence-corrected chi connectivity index (χ3v) is 2.54. The Morgan fingerprint density at radius 2 is 2.06 bits per heavy atom. The summed E-state index contributed by atoms with van der Waals surface area (Å²) in [6.45, 7) is 1.93. The van der Waals surface area contributed by atoms with Gasteiger partial charge in [-0.05, 0) is 40.5 Å². The molecule has 0 aromatic heterocycles. The van der Waals surface area contributed by atoms with Gasteiger partial charge in [-0.2, -0.15) is 15.6 Å². The third kappa shape index (κ3) is 3.20. The Morgan fingerprint density at radius 3 is 2.59 bits per heavy atom. The maximum atomic E-state index is 8.56. The fraction of sp³-hybridized carbons (Fsp3) is 0.182. The number of benzene rings is 1. The molecule has 0 amide bonds. The van der Waals surface area contributed by atoms with E-state index in [2.05, 4.69) is 26.5 Å². The van der Waals surface area contributed by atoms with E-state index < -0.39 is 0 Å². The predicted octanol–water partition coefficient (Wildman–Crippen LogP) is 2.58. The van der Waals surface area contributed by atoms with Crippen molar-refractivity contribution >= 4 is 27.3 Å². The average Bonchev–Trinajstić information content (AvgIpc) is 2.31. The quantitative estimate of drug-likeness (QED) is 0.686. The van der Waals surface area contributed by atoms with E-state index in [1.807, 2.05) is 19.1 Å². The lowest BCUT2D eigenvalue weighted by Gasteiger charge is -2.10. The second-order valence-electron chi connectivity index (χ2n) is 3.12. The van der Waals surface area contributed by atoms with E-state index in [0.29, 0.717) is 11.4 Å². The molecule has 1 aromatic carbocycles. The van der Waals surface area contributed by atoms with Gasteiger partial charge in [0.15, 0.2) is 0 Å². The van der Waals surface area contributed by atoms with Gasteiger partial charge in [0.25, 0.3) is 0 Å². The second-order valence-corrected chi connectivity index (χ2v) is 3.97. The van der Waals surface area contributed by atoms with Crippen LogP contribution in [0.1, 0.15) is 5.56 Å². The van der Waals surface area contributed by atoms with Crippen LogP contribution in [0.15, 0.2) is 21.7 Å². The normalized spacial score (nSPS) is 8.76. The first-order chi connectivity index (χ1) is 8.12. The van der Waals surface area contributed by atoms with Crippen molar-refractivity contribution in [1.82, 2.24) is 0 Å². The minimum Gasteiger partial charge on any atom is -0.494 e. The zero-order valence-corrected chi connectivity index (χ0v) is 10.9. The number of hydrogen-bond acceptors (Lipinski definition) is 5. The fourth-order valence-corrected chi connectivity index (χ4v) is 1.81. The molecule has 1 N–H and O–H groups in total. The second kappa shape index (κ2) is 5.88. The highest BCUT2D eigenvalue weighted by Gasteiger charge is 2.08. The van der Waals surface area contributed by atoms with Crippen LogP contribution in [0.25, 0.3) is 0 Å². The molecule has 17 heavy (non-hydrogen) atoms. The van der Waals surface area contributed by atoms with Gasteiger partial charge < -0.3 is 4.74 Å². The van der Waals surface area contributed by atoms with Crippen LogP contribution >= 0.6 is 15.9 Å². The highest BCUT2D eigenvalue weighted by atomic mass is 79.9. The molecule has 0 saturated carbocycles. The van der Waals surface area contributed by atoms with Gasteiger partial charge in [-0.3, -0.25) is 5.43 Å². The minimum absolute atomic E-state index is 0.250. The number of ether oxygens (including phenoxy) is 1. The summed E-state index contributed by atoms with van der Waals surface area (Å²) < 4.78 is 5.92. The maximum Gasteiger partial charge on any atom is 0.237 e. The van der Waals surface area contributed by atoms with E-state index in [1.165, 1.54) is 7.11 Å². The van der Waals surface area contributed by atoms with Gasteiger partial charge >= 0.3 is 0 Å². The molecule has 0 aliphatic carbocycles. The molecule has 5 nitrogen and oxygen atoms in total. The van der Waals surface area contributed by atoms with Crippen molar-refractivity contribution in [3.8, 4) is 17.9 Å². The van der Waals surface area contributed by atoms with Crippen LogP contribution in [-0.2, 0) is 0 Å². The van der Waals surface area contributed by atoms with Crippen molar-refractivity contribution in [2.75, 3.05) is 12.5 Å². The minimum atomic E-state index is -0.250. The van der Waals surface area contributed by atoms with E-state index in [4.69, 9.17) is 15.3 Å². The Balaban J connectivity index is 3.12. The molecule has 6 heteroatoms. The van der Waals surface area contributed by atoms with Crippen molar-refractivity contribution in [3.63, 3.8) is 0 Å². The molecule has 0 bridgehead atoms. The predicted molar refractivity (Wildman–Crippen MR) is 67.7 cm³/mol. The van der Waals surface area contributed by atoms with Crippen molar-refractivity contribution < 1.29 is 4.74 Å². The highest BCUT2D eigenvalue weighted by molar-refractivity contribution is 9.10. The molecular weight excluding hydrogens is 284 g/mol. The van der Waals surface area contributed by atoms with E-state index in [-0.39, 0.29) is 5.71 Å². The SMILES string of the molecule is COc1cc(C)cc(Br)c1NN=C(C#N)C#N. The zero-order valence-electron chi connectivity index (χ0n) is 9.28. The van der Waals surface area contributed by atoms with Gasteiger partial charge in [0.05, 0.1) is 7.11 Å². The van der Waals surface area contributed by atoms with Crippen LogP contribution in [-0.4, -0.2) is 12.8 Å². The van der Waals surface area contributed by atoms with Gasteiger partial charge in [0, 0.05) is 4.47 Å². The lowest BCUT2D eigenvalue weighted by molar-refractivity contribution is 0.416. The highest BCUT2D eigenvalue weighted by Crippen LogP contribution is 2.33. The first kappa shape index (κ1) is 13.0. The topological polar surface area (TPSA) is 81.2 Å². The fourth-order valence-electron chi connectivity index (χ4n) is 1.17. The number of hydrazone groups is 1. The Morgan fingerprint density at radius 1 is 1.41 bits per heavy atom. The lowest BCUT2D eigenvalue weighted by atomic mass is 10.2. The molecule has 0 aliphatic heterocycles. The summed E-state index contributed by atoms with van der Waals surface area (Å²) in [5, 5.41) is 20.8. The van der Waals surface area contributed by atoms with Gasteiger partial charge in [-0.15, -0.1) is 0 Å². The molecule has 0 heterocycles. The van der Waals surface area contributed by atoms with Crippen LogP contribution in [0.3, 0.4) is 0 Å². The Kier molecular flexibility index (Phi) is 4.50. The van der Waals surface area contributed by atoms with Crippen LogP contribution in [0, 0.1) is 29.6 Å². The summed E-state index contributed by atoms with van der Waals surface area (Å²) in [6, 6.07) is 7.02. The number of halogens is 1. The molecule has 0 atom stereocenters. The Labute approximate surface area is 107 Å². The average molecular weight is 293 g/mol. The Bertz CT molecular complexity index is 524. The van der Waals surface area contributed by atoms with Crippen LogP contribution < -0.4 is 10.2 Å². The van der Waals surface area contributed by atoms with Crippen molar-refractivity contribution in [2.45, 2.75) is 6.92 Å². The molecule has 0 unspecified atom stereocenters. The van der Waals surface area contributed by atoms with Crippen molar-refractivity contribution in [3.05, 3.63) is 22.2 Å². The van der Waals surface area contributed by atoms with E-state index in [0.717, 1.165) is 10.0 Å². The van der Waals surface area contributed by atoms with E-state index >= 15 is 0 Å². The summed E-state index contributed by atoms with van der Waals surface area (Å²) in [4.78, 5) is 0. The number of hydrogen-bond donors (Lipinski definition) is 1. The lowest BCUT2D eigenvalue weighted by Crippen LogP contribution is -1.99. The molecule has 86 valence electrons. The first-order valence-corrected chi connectivity index (χ1v) is 5.39.